The highest BCUT2D eigenvalue weighted by atomic mass is 32.2. The van der Waals surface area contributed by atoms with Gasteiger partial charge in [-0.05, 0) is 36.2 Å². The van der Waals surface area contributed by atoms with Crippen LogP contribution in [0.2, 0.25) is 0 Å². The lowest BCUT2D eigenvalue weighted by Gasteiger charge is -2.35. The molecule has 0 unspecified atom stereocenters. The molecule has 0 radical (unpaired) electrons. The van der Waals surface area contributed by atoms with E-state index in [0.717, 1.165) is 23.0 Å². The van der Waals surface area contributed by atoms with Crippen molar-refractivity contribution < 1.29 is 18.0 Å². The smallest absolute Gasteiger partial charge is 0.286 e. The largest absolute Gasteiger partial charge is 0.369 e. The maximum absolute atomic E-state index is 13.0. The Morgan fingerprint density at radius 2 is 1.59 bits per heavy atom. The number of para-hydroxylation sites is 1. The van der Waals surface area contributed by atoms with Crippen molar-refractivity contribution in [2.75, 3.05) is 31.1 Å². The van der Waals surface area contributed by atoms with Gasteiger partial charge in [0.25, 0.3) is 5.24 Å². The third kappa shape index (κ3) is 4.31. The molecular formula is C20H21N3O4S2. The molecule has 2 fully saturated rings. The van der Waals surface area contributed by atoms with Gasteiger partial charge < -0.3 is 4.90 Å². The number of benzene rings is 2. The maximum Gasteiger partial charge on any atom is 0.286 e. The molecule has 2 aromatic carbocycles. The molecule has 2 saturated heterocycles. The van der Waals surface area contributed by atoms with Crippen LogP contribution in [0.15, 0.2) is 59.5 Å². The fourth-order valence-corrected chi connectivity index (χ4v) is 5.80. The number of hydrogen-bond acceptors (Lipinski definition) is 6. The number of rotatable bonds is 5. The van der Waals surface area contributed by atoms with E-state index in [-0.39, 0.29) is 16.0 Å². The Labute approximate surface area is 174 Å². The first-order chi connectivity index (χ1) is 13.9. The van der Waals surface area contributed by atoms with Crippen molar-refractivity contribution in [2.45, 2.75) is 16.6 Å². The van der Waals surface area contributed by atoms with Gasteiger partial charge in [-0.25, -0.2) is 8.42 Å². The van der Waals surface area contributed by atoms with Gasteiger partial charge in [0.15, 0.2) is 0 Å². The Balaban J connectivity index is 1.40. The van der Waals surface area contributed by atoms with Gasteiger partial charge in [-0.2, -0.15) is 4.31 Å². The number of imide groups is 1. The highest BCUT2D eigenvalue weighted by Crippen LogP contribution is 2.25. The topological polar surface area (TPSA) is 86.8 Å². The molecule has 2 aliphatic heterocycles. The number of nitrogens with zero attached hydrogens (tertiary/aromatic N) is 2. The molecule has 9 heteroatoms. The van der Waals surface area contributed by atoms with Crippen LogP contribution < -0.4 is 10.2 Å². The van der Waals surface area contributed by atoms with Crippen LogP contribution in [0.5, 0.6) is 0 Å². The van der Waals surface area contributed by atoms with E-state index in [0.29, 0.717) is 32.6 Å². The van der Waals surface area contributed by atoms with Gasteiger partial charge in [-0.15, -0.1) is 0 Å². The first-order valence-corrected chi connectivity index (χ1v) is 11.7. The van der Waals surface area contributed by atoms with Crippen LogP contribution in [0.3, 0.4) is 0 Å². The van der Waals surface area contributed by atoms with Gasteiger partial charge in [0.1, 0.15) is 0 Å². The fraction of sp³-hybridized carbons (Fsp3) is 0.300. The minimum atomic E-state index is -3.56. The Morgan fingerprint density at radius 3 is 2.17 bits per heavy atom. The molecule has 0 aromatic heterocycles. The van der Waals surface area contributed by atoms with Crippen molar-refractivity contribution >= 4 is 38.6 Å². The molecule has 2 heterocycles. The van der Waals surface area contributed by atoms with E-state index < -0.39 is 15.3 Å². The van der Waals surface area contributed by atoms with E-state index in [1.807, 2.05) is 30.3 Å². The predicted molar refractivity (Wildman–Crippen MR) is 112 cm³/mol. The van der Waals surface area contributed by atoms with E-state index in [1.54, 1.807) is 24.3 Å². The van der Waals surface area contributed by atoms with Crippen molar-refractivity contribution in [2.24, 2.45) is 0 Å². The van der Waals surface area contributed by atoms with Crippen LogP contribution in [-0.4, -0.2) is 55.3 Å². The molecule has 0 spiro atoms. The second-order valence-electron chi connectivity index (χ2n) is 6.96. The summed E-state index contributed by atoms with van der Waals surface area (Å²) in [6.45, 7) is 2.15. The first kappa shape index (κ1) is 19.9. The predicted octanol–water partition coefficient (Wildman–Crippen LogP) is 2.09. The van der Waals surface area contributed by atoms with Crippen molar-refractivity contribution in [1.82, 2.24) is 9.62 Å². The fourth-order valence-electron chi connectivity index (χ4n) is 3.51. The number of carbonyl (C=O) groups is 2. The summed E-state index contributed by atoms with van der Waals surface area (Å²) in [5, 5.41) is 1.46. The van der Waals surface area contributed by atoms with E-state index in [1.165, 1.54) is 4.31 Å². The number of carbonyl (C=O) groups excluding carboxylic acids is 2. The molecule has 4 rings (SSSR count). The lowest BCUT2D eigenvalue weighted by Crippen LogP contribution is -2.48. The number of anilines is 1. The van der Waals surface area contributed by atoms with Crippen molar-refractivity contribution in [1.29, 1.82) is 0 Å². The van der Waals surface area contributed by atoms with Gasteiger partial charge in [0.05, 0.1) is 10.1 Å². The maximum atomic E-state index is 13.0. The Kier molecular flexibility index (Phi) is 5.62. The molecule has 0 saturated carbocycles. The number of amides is 2. The summed E-state index contributed by atoms with van der Waals surface area (Å²) in [4.78, 5) is 25.4. The summed E-state index contributed by atoms with van der Waals surface area (Å²) >= 11 is 0.969. The van der Waals surface area contributed by atoms with Gasteiger partial charge in [-0.1, -0.05) is 42.1 Å². The zero-order valence-corrected chi connectivity index (χ0v) is 17.3. The molecule has 7 nitrogen and oxygen atoms in total. The summed E-state index contributed by atoms with van der Waals surface area (Å²) < 4.78 is 27.5. The van der Waals surface area contributed by atoms with E-state index in [4.69, 9.17) is 0 Å². The van der Waals surface area contributed by atoms with Crippen LogP contribution in [0.4, 0.5) is 10.5 Å². The third-order valence-corrected chi connectivity index (χ3v) is 8.00. The number of thioether (sulfide) groups is 1. The van der Waals surface area contributed by atoms with Crippen LogP contribution in [-0.2, 0) is 21.2 Å². The number of piperazine rings is 1. The summed E-state index contributed by atoms with van der Waals surface area (Å²) in [7, 11) is -3.56. The molecule has 2 aliphatic rings. The molecule has 1 N–H and O–H groups in total. The molecule has 1 atom stereocenters. The number of sulfonamides is 1. The summed E-state index contributed by atoms with van der Waals surface area (Å²) in [6, 6.07) is 16.5. The van der Waals surface area contributed by atoms with Gasteiger partial charge in [0, 0.05) is 31.9 Å². The zero-order chi connectivity index (χ0) is 20.4. The van der Waals surface area contributed by atoms with Crippen LogP contribution in [0, 0.1) is 0 Å². The zero-order valence-electron chi connectivity index (χ0n) is 15.7. The lowest BCUT2D eigenvalue weighted by molar-refractivity contribution is -0.118. The standard InChI is InChI=1S/C20H21N3O4S2/c24-19-18(28-20(25)21-19)14-15-6-8-17(9-7-15)29(26,27)23-12-10-22(11-13-23)16-4-2-1-3-5-16/h1-9,18H,10-14H2,(H,21,24,25)/t18-/m0/s1. The van der Waals surface area contributed by atoms with Crippen LogP contribution >= 0.6 is 11.8 Å². The number of nitrogens with one attached hydrogen (secondary N) is 1. The number of hydrogen-bond donors (Lipinski definition) is 1. The first-order valence-electron chi connectivity index (χ1n) is 9.34. The average Bonchev–Trinajstić information content (AvgIpc) is 3.06. The SMILES string of the molecule is O=C1NC(=O)[C@H](Cc2ccc(S(=O)(=O)N3CCN(c4ccccc4)CC3)cc2)S1. The van der Waals surface area contributed by atoms with Crippen molar-refractivity contribution in [3.8, 4) is 0 Å². The molecule has 152 valence electrons. The van der Waals surface area contributed by atoms with Gasteiger partial charge >= 0.3 is 0 Å². The molecule has 29 heavy (non-hydrogen) atoms. The Bertz CT molecular complexity index is 1000. The molecule has 0 bridgehead atoms. The van der Waals surface area contributed by atoms with Crippen molar-refractivity contribution in [3.63, 3.8) is 0 Å². The van der Waals surface area contributed by atoms with Gasteiger partial charge in [-0.3, -0.25) is 14.9 Å². The average molecular weight is 432 g/mol. The minimum absolute atomic E-state index is 0.244. The van der Waals surface area contributed by atoms with E-state index in [2.05, 4.69) is 10.2 Å². The van der Waals surface area contributed by atoms with Crippen LogP contribution in [0.25, 0.3) is 0 Å². The monoisotopic (exact) mass is 431 g/mol. The van der Waals surface area contributed by atoms with E-state index >= 15 is 0 Å². The molecule has 2 amide bonds. The molecule has 2 aromatic rings. The highest BCUT2D eigenvalue weighted by molar-refractivity contribution is 8.15. The minimum Gasteiger partial charge on any atom is -0.369 e. The summed E-state index contributed by atoms with van der Waals surface area (Å²) in [6.07, 6.45) is 0.387. The Hall–Kier alpha value is -2.36. The highest BCUT2D eigenvalue weighted by Gasteiger charge is 2.32. The Morgan fingerprint density at radius 1 is 0.931 bits per heavy atom. The second kappa shape index (κ2) is 8.17. The van der Waals surface area contributed by atoms with Crippen molar-refractivity contribution in [3.05, 3.63) is 60.2 Å². The summed E-state index contributed by atoms with van der Waals surface area (Å²) in [5.41, 5.74) is 1.92. The van der Waals surface area contributed by atoms with Gasteiger partial charge in [0.2, 0.25) is 15.9 Å². The molecule has 0 aliphatic carbocycles. The van der Waals surface area contributed by atoms with Crippen LogP contribution in [0.1, 0.15) is 5.56 Å². The quantitative estimate of drug-likeness (QED) is 0.780. The normalized spacial score (nSPS) is 20.7. The van der Waals surface area contributed by atoms with E-state index in [9.17, 15) is 18.0 Å². The summed E-state index contributed by atoms with van der Waals surface area (Å²) in [5.74, 6) is -0.298. The lowest BCUT2D eigenvalue weighted by atomic mass is 10.1. The third-order valence-electron chi connectivity index (χ3n) is 5.11. The second-order valence-corrected chi connectivity index (χ2v) is 10.1. The molecular weight excluding hydrogens is 410 g/mol.